The first-order chi connectivity index (χ1) is 8.63. The summed E-state index contributed by atoms with van der Waals surface area (Å²) in [4.78, 5) is 16.6. The number of rotatable bonds is 1. The molecule has 0 unspecified atom stereocenters. The third kappa shape index (κ3) is 1.60. The van der Waals surface area contributed by atoms with Crippen LogP contribution in [0.2, 0.25) is 0 Å². The van der Waals surface area contributed by atoms with Crippen LogP contribution >= 0.6 is 0 Å². The number of hydrogen-bond acceptors (Lipinski definition) is 5. The summed E-state index contributed by atoms with van der Waals surface area (Å²) in [5, 5.41) is 18.3. The third-order valence-corrected chi connectivity index (χ3v) is 3.97. The van der Waals surface area contributed by atoms with E-state index in [-0.39, 0.29) is 5.78 Å². The van der Waals surface area contributed by atoms with Gasteiger partial charge in [0.1, 0.15) is 5.78 Å². The molecule has 2 aliphatic rings. The summed E-state index contributed by atoms with van der Waals surface area (Å²) in [7, 11) is -1.54. The number of Topliss-reactive ketones (excluding diaryl/α,β-unsaturated/α-hetero) is 1. The molecule has 1 saturated heterocycles. The van der Waals surface area contributed by atoms with Crippen LogP contribution in [0, 0.1) is 0 Å². The maximum atomic E-state index is 12.3. The molecule has 5 nitrogen and oxygen atoms in total. The molecule has 0 saturated carbocycles. The van der Waals surface area contributed by atoms with Crippen molar-refractivity contribution in [2.45, 2.75) is 24.7 Å². The van der Waals surface area contributed by atoms with E-state index in [1.165, 1.54) is 6.20 Å². The Balaban J connectivity index is 2.05. The molecule has 6 heteroatoms. The predicted octanol–water partition coefficient (Wildman–Crippen LogP) is -1.07. The lowest BCUT2D eigenvalue weighted by Gasteiger charge is -2.31. The van der Waals surface area contributed by atoms with Crippen LogP contribution in [-0.4, -0.2) is 41.1 Å². The molecule has 1 fully saturated rings. The monoisotopic (exact) mass is 247 g/mol. The SMILES string of the molecule is O=C1Cc2cc(B(O)O)cnc2C12CCOCC2. The van der Waals surface area contributed by atoms with Gasteiger partial charge in [0.15, 0.2) is 0 Å². The first kappa shape index (κ1) is 11.8. The number of fused-ring (bicyclic) bond motifs is 2. The van der Waals surface area contributed by atoms with E-state index >= 15 is 0 Å². The van der Waals surface area contributed by atoms with Gasteiger partial charge < -0.3 is 14.8 Å². The Hall–Kier alpha value is -1.24. The summed E-state index contributed by atoms with van der Waals surface area (Å²) in [6.45, 7) is 1.16. The van der Waals surface area contributed by atoms with Gasteiger partial charge in [-0.25, -0.2) is 0 Å². The zero-order valence-electron chi connectivity index (χ0n) is 9.93. The van der Waals surface area contributed by atoms with Crippen molar-refractivity contribution in [2.24, 2.45) is 0 Å². The van der Waals surface area contributed by atoms with Crippen molar-refractivity contribution in [2.75, 3.05) is 13.2 Å². The Labute approximate surface area is 105 Å². The smallest absolute Gasteiger partial charge is 0.423 e. The molecule has 1 spiro atoms. The van der Waals surface area contributed by atoms with E-state index in [9.17, 15) is 4.79 Å². The van der Waals surface area contributed by atoms with E-state index in [0.29, 0.717) is 37.9 Å². The van der Waals surface area contributed by atoms with E-state index < -0.39 is 12.5 Å². The lowest BCUT2D eigenvalue weighted by Crippen LogP contribution is -2.39. The van der Waals surface area contributed by atoms with Crippen LogP contribution in [-0.2, 0) is 21.4 Å². The Bertz CT molecular complexity index is 497. The second-order valence-electron chi connectivity index (χ2n) is 4.94. The molecule has 0 aromatic carbocycles. The van der Waals surface area contributed by atoms with Gasteiger partial charge in [-0.2, -0.15) is 0 Å². The quantitative estimate of drug-likeness (QED) is 0.618. The molecule has 1 aromatic rings. The Kier molecular flexibility index (Phi) is 2.73. The van der Waals surface area contributed by atoms with Crippen molar-refractivity contribution in [3.05, 3.63) is 23.5 Å². The molecule has 0 atom stereocenters. The van der Waals surface area contributed by atoms with Gasteiger partial charge in [0, 0.05) is 31.3 Å². The van der Waals surface area contributed by atoms with Crippen molar-refractivity contribution in [3.63, 3.8) is 0 Å². The lowest BCUT2D eigenvalue weighted by atomic mass is 9.76. The van der Waals surface area contributed by atoms with E-state index in [2.05, 4.69) is 4.98 Å². The second kappa shape index (κ2) is 4.15. The van der Waals surface area contributed by atoms with Crippen molar-refractivity contribution >= 4 is 18.4 Å². The molecule has 1 aliphatic heterocycles. The predicted molar refractivity (Wildman–Crippen MR) is 64.5 cm³/mol. The van der Waals surface area contributed by atoms with Gasteiger partial charge >= 0.3 is 7.12 Å². The fourth-order valence-corrected chi connectivity index (χ4v) is 2.95. The molecule has 0 amide bonds. The molecule has 0 bridgehead atoms. The van der Waals surface area contributed by atoms with Gasteiger partial charge in [0.25, 0.3) is 0 Å². The third-order valence-electron chi connectivity index (χ3n) is 3.97. The van der Waals surface area contributed by atoms with Crippen LogP contribution in [0.3, 0.4) is 0 Å². The maximum Gasteiger partial charge on any atom is 0.490 e. The number of nitrogens with zero attached hydrogens (tertiary/aromatic N) is 1. The van der Waals surface area contributed by atoms with Crippen molar-refractivity contribution < 1.29 is 19.6 Å². The van der Waals surface area contributed by atoms with Crippen LogP contribution in [0.4, 0.5) is 0 Å². The topological polar surface area (TPSA) is 79.7 Å². The minimum atomic E-state index is -1.54. The van der Waals surface area contributed by atoms with Crippen LogP contribution in [0.5, 0.6) is 0 Å². The fraction of sp³-hybridized carbons (Fsp3) is 0.500. The Morgan fingerprint density at radius 3 is 2.72 bits per heavy atom. The van der Waals surface area contributed by atoms with Gasteiger partial charge in [-0.3, -0.25) is 9.78 Å². The highest BCUT2D eigenvalue weighted by atomic mass is 16.5. The fourth-order valence-electron chi connectivity index (χ4n) is 2.95. The first-order valence-electron chi connectivity index (χ1n) is 6.10. The van der Waals surface area contributed by atoms with E-state index in [0.717, 1.165) is 11.3 Å². The molecular weight excluding hydrogens is 233 g/mol. The van der Waals surface area contributed by atoms with Crippen molar-refractivity contribution in [3.8, 4) is 0 Å². The standard InChI is InChI=1S/C12H14BNO4/c15-10-6-8-5-9(13(16)17)7-14-11(8)12(10)1-3-18-4-2-12/h5,7,16-17H,1-4,6H2. The molecule has 1 aromatic heterocycles. The number of carbonyl (C=O) groups is 1. The number of carbonyl (C=O) groups excluding carboxylic acids is 1. The highest BCUT2D eigenvalue weighted by Crippen LogP contribution is 2.41. The molecule has 3 rings (SSSR count). The highest BCUT2D eigenvalue weighted by molar-refractivity contribution is 6.58. The second-order valence-corrected chi connectivity index (χ2v) is 4.94. The number of pyridine rings is 1. The number of aromatic nitrogens is 1. The number of ether oxygens (including phenoxy) is 1. The minimum absolute atomic E-state index is 0.179. The van der Waals surface area contributed by atoms with E-state index in [1.807, 2.05) is 0 Å². The van der Waals surface area contributed by atoms with Crippen LogP contribution in [0.25, 0.3) is 0 Å². The Morgan fingerprint density at radius 1 is 1.33 bits per heavy atom. The molecule has 2 N–H and O–H groups in total. The summed E-state index contributed by atoms with van der Waals surface area (Å²) < 4.78 is 5.32. The van der Waals surface area contributed by atoms with Gasteiger partial charge in [-0.1, -0.05) is 6.07 Å². The Morgan fingerprint density at radius 2 is 2.06 bits per heavy atom. The van der Waals surface area contributed by atoms with Crippen molar-refractivity contribution in [1.29, 1.82) is 0 Å². The molecule has 18 heavy (non-hydrogen) atoms. The number of hydrogen-bond donors (Lipinski definition) is 2. The normalized spacial score (nSPS) is 21.1. The van der Waals surface area contributed by atoms with Crippen LogP contribution < -0.4 is 5.46 Å². The van der Waals surface area contributed by atoms with E-state index in [1.54, 1.807) is 6.07 Å². The molecular formula is C12H14BNO4. The van der Waals surface area contributed by atoms with Crippen molar-refractivity contribution in [1.82, 2.24) is 4.98 Å². The van der Waals surface area contributed by atoms with Gasteiger partial charge in [-0.05, 0) is 18.4 Å². The molecule has 1 aliphatic carbocycles. The number of ketones is 1. The summed E-state index contributed by atoms with van der Waals surface area (Å²) in [6, 6.07) is 1.68. The molecule has 2 heterocycles. The maximum absolute atomic E-state index is 12.3. The average Bonchev–Trinajstić information content (AvgIpc) is 2.63. The summed E-state index contributed by atoms with van der Waals surface area (Å²) >= 11 is 0. The average molecular weight is 247 g/mol. The van der Waals surface area contributed by atoms with Gasteiger partial charge in [0.2, 0.25) is 0 Å². The summed E-state index contributed by atoms with van der Waals surface area (Å²) in [5.41, 5.74) is 1.48. The zero-order valence-corrected chi connectivity index (χ0v) is 9.93. The zero-order chi connectivity index (χ0) is 12.8. The summed E-state index contributed by atoms with van der Waals surface area (Å²) in [6.07, 6.45) is 3.13. The highest BCUT2D eigenvalue weighted by Gasteiger charge is 2.48. The first-order valence-corrected chi connectivity index (χ1v) is 6.10. The minimum Gasteiger partial charge on any atom is -0.423 e. The largest absolute Gasteiger partial charge is 0.490 e. The lowest BCUT2D eigenvalue weighted by molar-refractivity contribution is -0.126. The summed E-state index contributed by atoms with van der Waals surface area (Å²) in [5.74, 6) is 0.179. The van der Waals surface area contributed by atoms with Crippen LogP contribution in [0.1, 0.15) is 24.1 Å². The van der Waals surface area contributed by atoms with E-state index in [4.69, 9.17) is 14.8 Å². The van der Waals surface area contributed by atoms with Gasteiger partial charge in [-0.15, -0.1) is 0 Å². The molecule has 0 radical (unpaired) electrons. The molecule has 94 valence electrons. The van der Waals surface area contributed by atoms with Crippen LogP contribution in [0.15, 0.2) is 12.3 Å². The van der Waals surface area contributed by atoms with Gasteiger partial charge in [0.05, 0.1) is 11.1 Å².